The molecule has 0 aliphatic carbocycles. The molecule has 1 aromatic rings. The van der Waals surface area contributed by atoms with Crippen LogP contribution in [0.15, 0.2) is 39.6 Å². The van der Waals surface area contributed by atoms with Crippen molar-refractivity contribution in [3.63, 3.8) is 0 Å². The molecule has 0 aliphatic heterocycles. The lowest BCUT2D eigenvalue weighted by Crippen LogP contribution is -1.90. The van der Waals surface area contributed by atoms with E-state index in [1.165, 1.54) is 0 Å². The lowest BCUT2D eigenvalue weighted by Gasteiger charge is -2.07. The zero-order valence-corrected chi connectivity index (χ0v) is 15.3. The molecule has 23 heavy (non-hydrogen) atoms. The Morgan fingerprint density at radius 1 is 1.17 bits per heavy atom. The van der Waals surface area contributed by atoms with Gasteiger partial charge in [0.15, 0.2) is 0 Å². The van der Waals surface area contributed by atoms with E-state index in [0.29, 0.717) is 17.6 Å². The topological polar surface area (TPSA) is 56.8 Å². The van der Waals surface area contributed by atoms with Crippen molar-refractivity contribution in [1.82, 2.24) is 0 Å². The minimum Gasteiger partial charge on any atom is -0.497 e. The van der Waals surface area contributed by atoms with Crippen LogP contribution in [0.25, 0.3) is 6.08 Å². The van der Waals surface area contributed by atoms with E-state index >= 15 is 0 Å². The van der Waals surface area contributed by atoms with Crippen LogP contribution in [-0.2, 0) is 0 Å². The molecule has 0 saturated carbocycles. The Labute approximate surface area is 147 Å². The normalized spacial score (nSPS) is 10.6. The van der Waals surface area contributed by atoms with Gasteiger partial charge >= 0.3 is 0 Å². The minimum atomic E-state index is 0.361. The number of ether oxygens (including phenoxy) is 1. The molecule has 0 bridgehead atoms. The second-order valence-corrected chi connectivity index (χ2v) is 7.29. The number of thioether (sulfide) groups is 2. The highest BCUT2D eigenvalue weighted by Crippen LogP contribution is 2.33. The first-order valence-corrected chi connectivity index (χ1v) is 9.29. The van der Waals surface area contributed by atoms with Gasteiger partial charge in [-0.2, -0.15) is 10.5 Å². The summed E-state index contributed by atoms with van der Waals surface area (Å²) in [4.78, 5) is 0. The summed E-state index contributed by atoms with van der Waals surface area (Å²) in [5.41, 5.74) is 2.13. The van der Waals surface area contributed by atoms with Crippen molar-refractivity contribution < 1.29 is 4.74 Å². The molecule has 0 saturated heterocycles. The molecule has 0 atom stereocenters. The molecule has 0 radical (unpaired) electrons. The second kappa shape index (κ2) is 10.8. The zero-order valence-electron chi connectivity index (χ0n) is 13.6. The third kappa shape index (κ3) is 6.44. The molecule has 0 heterocycles. The molecule has 0 aromatic heterocycles. The Hall–Kier alpha value is -1.82. The molecule has 0 fully saturated rings. The van der Waals surface area contributed by atoms with Crippen molar-refractivity contribution in [1.29, 1.82) is 10.5 Å². The minimum absolute atomic E-state index is 0.361. The molecular formula is C18H20N2OS2. The summed E-state index contributed by atoms with van der Waals surface area (Å²) < 4.78 is 6.21. The van der Waals surface area contributed by atoms with Gasteiger partial charge in [-0.25, -0.2) is 0 Å². The molecule has 0 aliphatic rings. The monoisotopic (exact) mass is 344 g/mol. The molecule has 1 aromatic carbocycles. The largest absolute Gasteiger partial charge is 0.497 e. The summed E-state index contributed by atoms with van der Waals surface area (Å²) in [7, 11) is 1.61. The van der Waals surface area contributed by atoms with Gasteiger partial charge in [0.05, 0.1) is 29.1 Å². The standard InChI is InChI=1S/C18H20N2OS2/c1-4-22-18(23-5-2)16(13-20)10-15(12-19)9-14-7-6-8-17(11-14)21-3/h6-9,11H,4-5,10H2,1-3H3/b15-9-. The molecule has 120 valence electrons. The quantitative estimate of drug-likeness (QED) is 0.604. The smallest absolute Gasteiger partial charge is 0.119 e. The van der Waals surface area contributed by atoms with Crippen LogP contribution in [0, 0.1) is 22.7 Å². The molecule has 0 N–H and O–H groups in total. The van der Waals surface area contributed by atoms with Gasteiger partial charge in [0.25, 0.3) is 0 Å². The number of rotatable bonds is 8. The van der Waals surface area contributed by atoms with Gasteiger partial charge in [-0.1, -0.05) is 26.0 Å². The number of benzene rings is 1. The number of hydrogen-bond acceptors (Lipinski definition) is 5. The van der Waals surface area contributed by atoms with Crippen LogP contribution >= 0.6 is 23.5 Å². The van der Waals surface area contributed by atoms with Gasteiger partial charge in [-0.15, -0.1) is 23.5 Å². The average Bonchev–Trinajstić information content (AvgIpc) is 2.58. The van der Waals surface area contributed by atoms with Crippen molar-refractivity contribution in [2.75, 3.05) is 18.6 Å². The summed E-state index contributed by atoms with van der Waals surface area (Å²) in [6.07, 6.45) is 2.17. The first kappa shape index (κ1) is 19.2. The highest BCUT2D eigenvalue weighted by molar-refractivity contribution is 8.22. The average molecular weight is 345 g/mol. The van der Waals surface area contributed by atoms with Gasteiger partial charge in [-0.05, 0) is 35.3 Å². The Morgan fingerprint density at radius 2 is 1.87 bits per heavy atom. The van der Waals surface area contributed by atoms with Crippen LogP contribution in [0.5, 0.6) is 5.75 Å². The van der Waals surface area contributed by atoms with Gasteiger partial charge < -0.3 is 4.74 Å². The predicted octanol–water partition coefficient (Wildman–Crippen LogP) is 5.23. The van der Waals surface area contributed by atoms with Crippen LogP contribution in [0.2, 0.25) is 0 Å². The summed E-state index contributed by atoms with van der Waals surface area (Å²) in [5, 5.41) is 18.9. The van der Waals surface area contributed by atoms with Gasteiger partial charge in [-0.3, -0.25) is 0 Å². The Morgan fingerprint density at radius 3 is 2.39 bits per heavy atom. The van der Waals surface area contributed by atoms with E-state index in [-0.39, 0.29) is 0 Å². The van der Waals surface area contributed by atoms with E-state index in [1.807, 2.05) is 30.3 Å². The fourth-order valence-corrected chi connectivity index (χ4v) is 4.03. The highest BCUT2D eigenvalue weighted by atomic mass is 32.2. The fraction of sp³-hybridized carbons (Fsp3) is 0.333. The molecule has 0 unspecified atom stereocenters. The second-order valence-electron chi connectivity index (χ2n) is 4.48. The Bertz CT molecular complexity index is 658. The Balaban J connectivity index is 3.09. The van der Waals surface area contributed by atoms with E-state index < -0.39 is 0 Å². The zero-order chi connectivity index (χ0) is 17.1. The van der Waals surface area contributed by atoms with E-state index in [0.717, 1.165) is 27.1 Å². The summed E-state index contributed by atoms with van der Waals surface area (Å²) in [6, 6.07) is 12.0. The molecule has 5 heteroatoms. The van der Waals surface area contributed by atoms with Crippen molar-refractivity contribution in [2.24, 2.45) is 0 Å². The van der Waals surface area contributed by atoms with Crippen LogP contribution in [0.1, 0.15) is 25.8 Å². The van der Waals surface area contributed by atoms with Crippen molar-refractivity contribution in [3.8, 4) is 17.9 Å². The number of hydrogen-bond donors (Lipinski definition) is 0. The van der Waals surface area contributed by atoms with Gasteiger partial charge in [0.1, 0.15) is 5.75 Å². The lowest BCUT2D eigenvalue weighted by atomic mass is 10.1. The molecule has 3 nitrogen and oxygen atoms in total. The maximum Gasteiger partial charge on any atom is 0.119 e. The van der Waals surface area contributed by atoms with Crippen molar-refractivity contribution in [2.45, 2.75) is 20.3 Å². The van der Waals surface area contributed by atoms with E-state index in [9.17, 15) is 10.5 Å². The summed E-state index contributed by atoms with van der Waals surface area (Å²) in [5.74, 6) is 2.57. The first-order valence-electron chi connectivity index (χ1n) is 7.32. The molecule has 0 amide bonds. The van der Waals surface area contributed by atoms with Gasteiger partial charge in [0.2, 0.25) is 0 Å². The third-order valence-electron chi connectivity index (χ3n) is 2.88. The van der Waals surface area contributed by atoms with Crippen molar-refractivity contribution in [3.05, 3.63) is 45.2 Å². The van der Waals surface area contributed by atoms with Crippen LogP contribution in [-0.4, -0.2) is 18.6 Å². The molecule has 0 spiro atoms. The highest BCUT2D eigenvalue weighted by Gasteiger charge is 2.10. The van der Waals surface area contributed by atoms with Crippen molar-refractivity contribution >= 4 is 29.6 Å². The van der Waals surface area contributed by atoms with E-state index in [4.69, 9.17) is 4.74 Å². The van der Waals surface area contributed by atoms with Crippen LogP contribution < -0.4 is 4.74 Å². The van der Waals surface area contributed by atoms with Gasteiger partial charge in [0, 0.05) is 12.0 Å². The van der Waals surface area contributed by atoms with Crippen LogP contribution in [0.4, 0.5) is 0 Å². The number of methoxy groups -OCH3 is 1. The maximum atomic E-state index is 9.45. The van der Waals surface area contributed by atoms with E-state index in [1.54, 1.807) is 30.6 Å². The lowest BCUT2D eigenvalue weighted by molar-refractivity contribution is 0.414. The SMILES string of the molecule is CCSC(SCC)=C(C#N)C/C(C#N)=C/c1cccc(OC)c1. The Kier molecular flexibility index (Phi) is 9.05. The predicted molar refractivity (Wildman–Crippen MR) is 100 cm³/mol. The molecular weight excluding hydrogens is 324 g/mol. The fourth-order valence-electron chi connectivity index (χ4n) is 1.88. The summed E-state index contributed by atoms with van der Waals surface area (Å²) >= 11 is 3.32. The number of nitriles is 2. The summed E-state index contributed by atoms with van der Waals surface area (Å²) in [6.45, 7) is 4.13. The number of nitrogens with zero attached hydrogens (tertiary/aromatic N) is 2. The van der Waals surface area contributed by atoms with E-state index in [2.05, 4.69) is 26.0 Å². The maximum absolute atomic E-state index is 9.45. The first-order chi connectivity index (χ1) is 11.2. The molecule has 1 rings (SSSR count). The third-order valence-corrected chi connectivity index (χ3v) is 5.18. The van der Waals surface area contributed by atoms with Crippen LogP contribution in [0.3, 0.4) is 0 Å². The number of allylic oxidation sites excluding steroid dienone is 2.